The fourth-order valence-corrected chi connectivity index (χ4v) is 3.19. The van der Waals surface area contributed by atoms with Crippen LogP contribution >= 0.6 is 11.6 Å². The second-order valence-corrected chi connectivity index (χ2v) is 7.06. The number of hydrogen-bond donors (Lipinski definition) is 1. The van der Waals surface area contributed by atoms with Gasteiger partial charge in [-0.3, -0.25) is 0 Å². The lowest BCUT2D eigenvalue weighted by Crippen LogP contribution is -2.25. The van der Waals surface area contributed by atoms with Crippen molar-refractivity contribution in [1.29, 1.82) is 0 Å². The van der Waals surface area contributed by atoms with Gasteiger partial charge in [0.25, 0.3) is 0 Å². The zero-order valence-electron chi connectivity index (χ0n) is 15.6. The van der Waals surface area contributed by atoms with Gasteiger partial charge in [0.1, 0.15) is 11.9 Å². The summed E-state index contributed by atoms with van der Waals surface area (Å²) < 4.78 is 19.3. The van der Waals surface area contributed by atoms with E-state index in [9.17, 15) is 4.39 Å². The molecule has 4 nitrogen and oxygen atoms in total. The third-order valence-corrected chi connectivity index (χ3v) is 4.84. The number of nitrogens with one attached hydrogen (secondary N) is 1. The van der Waals surface area contributed by atoms with Crippen LogP contribution in [0.5, 0.6) is 0 Å². The van der Waals surface area contributed by atoms with Crippen LogP contribution in [-0.2, 0) is 6.42 Å². The van der Waals surface area contributed by atoms with E-state index in [2.05, 4.69) is 15.5 Å². The van der Waals surface area contributed by atoms with Crippen molar-refractivity contribution in [3.05, 3.63) is 107 Å². The van der Waals surface area contributed by atoms with Gasteiger partial charge in [-0.2, -0.15) is 0 Å². The molecule has 1 atom stereocenters. The van der Waals surface area contributed by atoms with Crippen LogP contribution in [0, 0.1) is 5.82 Å². The van der Waals surface area contributed by atoms with Crippen molar-refractivity contribution in [1.82, 2.24) is 15.5 Å². The Bertz CT molecular complexity index is 1050. The molecule has 29 heavy (non-hydrogen) atoms. The molecule has 4 aromatic rings. The molecule has 1 N–H and O–H groups in total. The van der Waals surface area contributed by atoms with E-state index in [0.29, 0.717) is 23.3 Å². The number of halogens is 2. The Labute approximate surface area is 173 Å². The molecule has 3 aromatic carbocycles. The van der Waals surface area contributed by atoms with Gasteiger partial charge in [0.05, 0.1) is 0 Å². The molecule has 6 heteroatoms. The Balaban J connectivity index is 1.54. The first-order valence-electron chi connectivity index (χ1n) is 9.31. The Morgan fingerprint density at radius 1 is 0.897 bits per heavy atom. The van der Waals surface area contributed by atoms with E-state index in [-0.39, 0.29) is 11.9 Å². The van der Waals surface area contributed by atoms with Gasteiger partial charge in [-0.15, -0.1) is 10.2 Å². The summed E-state index contributed by atoms with van der Waals surface area (Å²) >= 11 is 5.95. The molecule has 0 saturated carbocycles. The fraction of sp³-hybridized carbons (Fsp3) is 0.130. The largest absolute Gasteiger partial charge is 0.419 e. The zero-order valence-corrected chi connectivity index (χ0v) is 16.3. The highest BCUT2D eigenvalue weighted by atomic mass is 35.5. The second kappa shape index (κ2) is 8.99. The molecule has 0 aliphatic heterocycles. The summed E-state index contributed by atoms with van der Waals surface area (Å²) in [6.45, 7) is 0.673. The highest BCUT2D eigenvalue weighted by Gasteiger charge is 2.21. The molecule has 4 rings (SSSR count). The van der Waals surface area contributed by atoms with Gasteiger partial charge in [-0.25, -0.2) is 4.39 Å². The molecule has 0 saturated heterocycles. The predicted molar refractivity (Wildman–Crippen MR) is 111 cm³/mol. The van der Waals surface area contributed by atoms with Gasteiger partial charge < -0.3 is 9.73 Å². The van der Waals surface area contributed by atoms with E-state index in [1.165, 1.54) is 12.1 Å². The molecular formula is C23H19ClFN3O. The maximum absolute atomic E-state index is 13.4. The molecule has 0 spiro atoms. The molecule has 0 fully saturated rings. The van der Waals surface area contributed by atoms with Crippen LogP contribution in [0.2, 0.25) is 5.02 Å². The third kappa shape index (κ3) is 4.88. The highest BCUT2D eigenvalue weighted by Crippen LogP contribution is 2.25. The standard InChI is InChI=1S/C23H19ClFN3O/c24-19-10-6-16(7-11-19)14-15-26-21(17-8-12-20(25)13-9-17)23-28-27-22(29-23)18-4-2-1-3-5-18/h1-13,21,26H,14-15H2. The first-order chi connectivity index (χ1) is 14.2. The van der Waals surface area contributed by atoms with Crippen molar-refractivity contribution in [2.45, 2.75) is 12.5 Å². The number of benzene rings is 3. The van der Waals surface area contributed by atoms with Crippen LogP contribution < -0.4 is 5.32 Å². The van der Waals surface area contributed by atoms with Crippen LogP contribution in [0.25, 0.3) is 11.5 Å². The van der Waals surface area contributed by atoms with E-state index in [1.54, 1.807) is 12.1 Å². The SMILES string of the molecule is Fc1ccc(C(NCCc2ccc(Cl)cc2)c2nnc(-c3ccccc3)o2)cc1. The summed E-state index contributed by atoms with van der Waals surface area (Å²) in [5, 5.41) is 12.6. The molecule has 1 aromatic heterocycles. The van der Waals surface area contributed by atoms with E-state index in [1.807, 2.05) is 54.6 Å². The van der Waals surface area contributed by atoms with Gasteiger partial charge >= 0.3 is 0 Å². The van der Waals surface area contributed by atoms with Crippen molar-refractivity contribution >= 4 is 11.6 Å². The van der Waals surface area contributed by atoms with E-state index in [4.69, 9.17) is 16.0 Å². The molecule has 0 bridgehead atoms. The fourth-order valence-electron chi connectivity index (χ4n) is 3.06. The lowest BCUT2D eigenvalue weighted by atomic mass is 10.1. The number of nitrogens with zero attached hydrogens (tertiary/aromatic N) is 2. The summed E-state index contributed by atoms with van der Waals surface area (Å²) in [5.41, 5.74) is 2.87. The van der Waals surface area contributed by atoms with Gasteiger partial charge in [-0.1, -0.05) is 54.1 Å². The first kappa shape index (κ1) is 19.3. The maximum atomic E-state index is 13.4. The topological polar surface area (TPSA) is 51.0 Å². The number of rotatable bonds is 7. The lowest BCUT2D eigenvalue weighted by molar-refractivity contribution is 0.440. The number of hydrogen-bond acceptors (Lipinski definition) is 4. The average molecular weight is 408 g/mol. The van der Waals surface area contributed by atoms with E-state index >= 15 is 0 Å². The van der Waals surface area contributed by atoms with Gasteiger partial charge in [0, 0.05) is 17.1 Å². The van der Waals surface area contributed by atoms with Crippen LogP contribution in [0.1, 0.15) is 23.1 Å². The summed E-state index contributed by atoms with van der Waals surface area (Å²) in [4.78, 5) is 0. The van der Waals surface area contributed by atoms with Crippen LogP contribution in [0.4, 0.5) is 4.39 Å². The lowest BCUT2D eigenvalue weighted by Gasteiger charge is -2.16. The van der Waals surface area contributed by atoms with Crippen LogP contribution in [0.3, 0.4) is 0 Å². The maximum Gasteiger partial charge on any atom is 0.247 e. The molecule has 0 radical (unpaired) electrons. The molecule has 146 valence electrons. The van der Waals surface area contributed by atoms with Gasteiger partial charge in [0.2, 0.25) is 11.8 Å². The molecule has 1 heterocycles. The summed E-state index contributed by atoms with van der Waals surface area (Å²) in [7, 11) is 0. The van der Waals surface area contributed by atoms with Crippen molar-refractivity contribution in [2.24, 2.45) is 0 Å². The molecule has 0 aliphatic carbocycles. The van der Waals surface area contributed by atoms with Crippen LogP contribution in [0.15, 0.2) is 83.3 Å². The Kier molecular flexibility index (Phi) is 5.98. The normalized spacial score (nSPS) is 12.1. The molecule has 0 amide bonds. The van der Waals surface area contributed by atoms with Crippen molar-refractivity contribution < 1.29 is 8.81 Å². The Morgan fingerprint density at radius 3 is 2.34 bits per heavy atom. The quantitative estimate of drug-likeness (QED) is 0.442. The molecular weight excluding hydrogens is 389 g/mol. The zero-order chi connectivity index (χ0) is 20.1. The number of aromatic nitrogens is 2. The predicted octanol–water partition coefficient (Wildman–Crippen LogP) is 5.45. The van der Waals surface area contributed by atoms with Gasteiger partial charge in [0.15, 0.2) is 0 Å². The summed E-state index contributed by atoms with van der Waals surface area (Å²) in [6, 6.07) is 23.3. The van der Waals surface area contributed by atoms with Gasteiger partial charge in [-0.05, 0) is 53.9 Å². The first-order valence-corrected chi connectivity index (χ1v) is 9.69. The average Bonchev–Trinajstić information content (AvgIpc) is 3.24. The monoisotopic (exact) mass is 407 g/mol. The smallest absolute Gasteiger partial charge is 0.247 e. The Morgan fingerprint density at radius 2 is 1.62 bits per heavy atom. The second-order valence-electron chi connectivity index (χ2n) is 6.63. The summed E-state index contributed by atoms with van der Waals surface area (Å²) in [5.74, 6) is 0.600. The molecule has 1 unspecified atom stereocenters. The van der Waals surface area contributed by atoms with Crippen molar-refractivity contribution in [3.8, 4) is 11.5 Å². The van der Waals surface area contributed by atoms with E-state index < -0.39 is 0 Å². The highest BCUT2D eigenvalue weighted by molar-refractivity contribution is 6.30. The molecule has 0 aliphatic rings. The van der Waals surface area contributed by atoms with Crippen molar-refractivity contribution in [2.75, 3.05) is 6.54 Å². The van der Waals surface area contributed by atoms with Crippen molar-refractivity contribution in [3.63, 3.8) is 0 Å². The minimum atomic E-state index is -0.340. The van der Waals surface area contributed by atoms with E-state index in [0.717, 1.165) is 23.1 Å². The van der Waals surface area contributed by atoms with Crippen LogP contribution in [-0.4, -0.2) is 16.7 Å². The minimum absolute atomic E-state index is 0.288. The Hall–Kier alpha value is -3.02. The third-order valence-electron chi connectivity index (χ3n) is 4.59. The minimum Gasteiger partial charge on any atom is -0.419 e. The summed E-state index contributed by atoms with van der Waals surface area (Å²) in [6.07, 6.45) is 0.800.